The van der Waals surface area contributed by atoms with Gasteiger partial charge in [-0.2, -0.15) is 5.10 Å². The van der Waals surface area contributed by atoms with Gasteiger partial charge in [0, 0.05) is 30.7 Å². The highest BCUT2D eigenvalue weighted by atomic mass is 16.2. The average Bonchev–Trinajstić information content (AvgIpc) is 3.20. The van der Waals surface area contributed by atoms with E-state index in [0.717, 1.165) is 18.7 Å². The van der Waals surface area contributed by atoms with Crippen LogP contribution in [0.3, 0.4) is 0 Å². The predicted molar refractivity (Wildman–Crippen MR) is 86.9 cm³/mol. The number of rotatable bonds is 5. The number of nitrogens with zero attached hydrogens (tertiary/aromatic N) is 3. The molecule has 0 spiro atoms. The van der Waals surface area contributed by atoms with Gasteiger partial charge in [0.05, 0.1) is 12.6 Å². The van der Waals surface area contributed by atoms with E-state index in [2.05, 4.69) is 30.3 Å². The third kappa shape index (κ3) is 2.90. The number of carbonyl (C=O) groups excluding carboxylic acids is 1. The summed E-state index contributed by atoms with van der Waals surface area (Å²) < 4.78 is 1.91. The van der Waals surface area contributed by atoms with Crippen molar-refractivity contribution in [3.05, 3.63) is 48.3 Å². The molecule has 1 aromatic heterocycles. The molecule has 1 aromatic carbocycles. The highest BCUT2D eigenvalue weighted by molar-refractivity contribution is 5.96. The molecule has 5 nitrogen and oxygen atoms in total. The van der Waals surface area contributed by atoms with Crippen molar-refractivity contribution in [3.8, 4) is 0 Å². The molecule has 3 rings (SSSR count). The number of benzene rings is 1. The van der Waals surface area contributed by atoms with E-state index in [1.807, 2.05) is 40.0 Å². The molecule has 1 N–H and O–H groups in total. The second kappa shape index (κ2) is 6.32. The number of amides is 1. The maximum Gasteiger partial charge on any atom is 0.240 e. The van der Waals surface area contributed by atoms with Gasteiger partial charge in [-0.15, -0.1) is 0 Å². The number of aromatic nitrogens is 2. The van der Waals surface area contributed by atoms with Crippen molar-refractivity contribution in [2.45, 2.75) is 32.4 Å². The van der Waals surface area contributed by atoms with Gasteiger partial charge in [0.2, 0.25) is 5.91 Å². The van der Waals surface area contributed by atoms with Gasteiger partial charge in [-0.25, -0.2) is 0 Å². The molecule has 0 bridgehead atoms. The summed E-state index contributed by atoms with van der Waals surface area (Å²) in [5, 5.41) is 7.58. The quantitative estimate of drug-likeness (QED) is 0.918. The van der Waals surface area contributed by atoms with Gasteiger partial charge in [0.1, 0.15) is 0 Å². The molecule has 2 heterocycles. The summed E-state index contributed by atoms with van der Waals surface area (Å²) in [7, 11) is 0. The van der Waals surface area contributed by atoms with Crippen molar-refractivity contribution in [2.24, 2.45) is 0 Å². The zero-order valence-corrected chi connectivity index (χ0v) is 13.1. The molecule has 0 saturated heterocycles. The Hall–Kier alpha value is -2.14. The Morgan fingerprint density at radius 3 is 2.91 bits per heavy atom. The van der Waals surface area contributed by atoms with E-state index in [-0.39, 0.29) is 18.0 Å². The summed E-state index contributed by atoms with van der Waals surface area (Å²) in [5.74, 6) is 0.129. The summed E-state index contributed by atoms with van der Waals surface area (Å²) in [6.45, 7) is 5.31. The average molecular weight is 298 g/mol. The molecule has 5 heteroatoms. The van der Waals surface area contributed by atoms with Crippen molar-refractivity contribution in [3.63, 3.8) is 0 Å². The minimum Gasteiger partial charge on any atom is -0.311 e. The SMILES string of the molecule is C[C@H](NCC(=O)N1CCc2ccccc21)[C@@H](C)n1cccn1. The molecule has 1 aliphatic rings. The number of carbonyl (C=O) groups is 1. The van der Waals surface area contributed by atoms with Gasteiger partial charge >= 0.3 is 0 Å². The van der Waals surface area contributed by atoms with E-state index < -0.39 is 0 Å². The monoisotopic (exact) mass is 298 g/mol. The normalized spacial score (nSPS) is 16.4. The number of hydrogen-bond acceptors (Lipinski definition) is 3. The first-order valence-electron chi connectivity index (χ1n) is 7.77. The Labute approximate surface area is 130 Å². The summed E-state index contributed by atoms with van der Waals surface area (Å²) in [6, 6.07) is 10.4. The van der Waals surface area contributed by atoms with Gasteiger partial charge in [0.25, 0.3) is 0 Å². The van der Waals surface area contributed by atoms with Crippen LogP contribution in [0.15, 0.2) is 42.7 Å². The van der Waals surface area contributed by atoms with Crippen LogP contribution in [0.1, 0.15) is 25.5 Å². The molecule has 2 aromatic rings. The molecule has 0 radical (unpaired) electrons. The van der Waals surface area contributed by atoms with E-state index in [1.54, 1.807) is 6.20 Å². The van der Waals surface area contributed by atoms with E-state index in [4.69, 9.17) is 0 Å². The third-order valence-electron chi connectivity index (χ3n) is 4.43. The van der Waals surface area contributed by atoms with Crippen LogP contribution < -0.4 is 10.2 Å². The first-order chi connectivity index (χ1) is 10.7. The number of para-hydroxylation sites is 1. The highest BCUT2D eigenvalue weighted by Gasteiger charge is 2.24. The van der Waals surface area contributed by atoms with Crippen molar-refractivity contribution in [1.29, 1.82) is 0 Å². The van der Waals surface area contributed by atoms with Crippen molar-refractivity contribution in [1.82, 2.24) is 15.1 Å². The van der Waals surface area contributed by atoms with Gasteiger partial charge in [0.15, 0.2) is 0 Å². The molecule has 0 aliphatic carbocycles. The first-order valence-corrected chi connectivity index (χ1v) is 7.77. The van der Waals surface area contributed by atoms with E-state index in [9.17, 15) is 4.79 Å². The molecule has 2 atom stereocenters. The lowest BCUT2D eigenvalue weighted by Crippen LogP contribution is -2.42. The van der Waals surface area contributed by atoms with Crippen molar-refractivity contribution in [2.75, 3.05) is 18.0 Å². The van der Waals surface area contributed by atoms with Crippen LogP contribution in [0, 0.1) is 0 Å². The number of nitrogens with one attached hydrogen (secondary N) is 1. The van der Waals surface area contributed by atoms with Crippen molar-refractivity contribution < 1.29 is 4.79 Å². The standard InChI is InChI=1S/C17H22N4O/c1-13(14(2)21-10-5-9-19-21)18-12-17(22)20-11-8-15-6-3-4-7-16(15)20/h3-7,9-10,13-14,18H,8,11-12H2,1-2H3/t13-,14+/m0/s1. The Bertz CT molecular complexity index is 638. The third-order valence-corrected chi connectivity index (χ3v) is 4.43. The second-order valence-electron chi connectivity index (χ2n) is 5.82. The topological polar surface area (TPSA) is 50.2 Å². The number of hydrogen-bond donors (Lipinski definition) is 1. The van der Waals surface area contributed by atoms with E-state index in [0.29, 0.717) is 6.54 Å². The summed E-state index contributed by atoms with van der Waals surface area (Å²) >= 11 is 0. The van der Waals surface area contributed by atoms with E-state index >= 15 is 0 Å². The molecular weight excluding hydrogens is 276 g/mol. The van der Waals surface area contributed by atoms with Crippen LogP contribution in [0.2, 0.25) is 0 Å². The fourth-order valence-electron chi connectivity index (χ4n) is 2.86. The summed E-state index contributed by atoms with van der Waals surface area (Å²) in [5.41, 5.74) is 2.32. The van der Waals surface area contributed by atoms with Gasteiger partial charge in [-0.3, -0.25) is 9.48 Å². The highest BCUT2D eigenvalue weighted by Crippen LogP contribution is 2.27. The van der Waals surface area contributed by atoms with Crippen molar-refractivity contribution >= 4 is 11.6 Å². The molecule has 0 fully saturated rings. The Balaban J connectivity index is 1.57. The maximum absolute atomic E-state index is 12.5. The number of fused-ring (bicyclic) bond motifs is 1. The zero-order valence-electron chi connectivity index (χ0n) is 13.1. The molecule has 0 unspecified atom stereocenters. The van der Waals surface area contributed by atoms with Crippen LogP contribution >= 0.6 is 0 Å². The van der Waals surface area contributed by atoms with Crippen LogP contribution in [-0.2, 0) is 11.2 Å². The fourth-order valence-corrected chi connectivity index (χ4v) is 2.86. The maximum atomic E-state index is 12.5. The molecule has 0 saturated carbocycles. The lowest BCUT2D eigenvalue weighted by atomic mass is 10.1. The van der Waals surface area contributed by atoms with Gasteiger partial charge in [-0.05, 0) is 38.0 Å². The minimum atomic E-state index is 0.129. The lowest BCUT2D eigenvalue weighted by molar-refractivity contribution is -0.117. The molecular formula is C17H22N4O. The predicted octanol–water partition coefficient (Wildman–Crippen LogP) is 2.01. The minimum absolute atomic E-state index is 0.129. The summed E-state index contributed by atoms with van der Waals surface area (Å²) in [4.78, 5) is 14.3. The molecule has 1 aliphatic heterocycles. The Morgan fingerprint density at radius 2 is 2.14 bits per heavy atom. The van der Waals surface area contributed by atoms with Gasteiger partial charge in [-0.1, -0.05) is 18.2 Å². The van der Waals surface area contributed by atoms with E-state index in [1.165, 1.54) is 5.56 Å². The van der Waals surface area contributed by atoms with Crippen LogP contribution in [-0.4, -0.2) is 34.8 Å². The second-order valence-corrected chi connectivity index (χ2v) is 5.82. The largest absolute Gasteiger partial charge is 0.311 e. The van der Waals surface area contributed by atoms with Gasteiger partial charge < -0.3 is 10.2 Å². The van der Waals surface area contributed by atoms with Crippen LogP contribution in [0.25, 0.3) is 0 Å². The molecule has 1 amide bonds. The Morgan fingerprint density at radius 1 is 1.32 bits per heavy atom. The Kier molecular flexibility index (Phi) is 4.24. The number of anilines is 1. The summed E-state index contributed by atoms with van der Waals surface area (Å²) in [6.07, 6.45) is 4.66. The molecule has 116 valence electrons. The smallest absolute Gasteiger partial charge is 0.240 e. The molecule has 22 heavy (non-hydrogen) atoms. The first kappa shape index (κ1) is 14.8. The lowest BCUT2D eigenvalue weighted by Gasteiger charge is -2.23. The zero-order chi connectivity index (χ0) is 15.5. The van der Waals surface area contributed by atoms with Crippen LogP contribution in [0.4, 0.5) is 5.69 Å². The fraction of sp³-hybridized carbons (Fsp3) is 0.412. The van der Waals surface area contributed by atoms with Crippen LogP contribution in [0.5, 0.6) is 0 Å².